The summed E-state index contributed by atoms with van der Waals surface area (Å²) in [5.41, 5.74) is 2.34. The molecule has 0 unspecified atom stereocenters. The van der Waals surface area contributed by atoms with Crippen LogP contribution < -0.4 is 5.32 Å². The normalized spacial score (nSPS) is 10.3. The number of thioether (sulfide) groups is 1. The van der Waals surface area contributed by atoms with Gasteiger partial charge in [-0.15, -0.1) is 11.8 Å². The Kier molecular flexibility index (Phi) is 4.95. The van der Waals surface area contributed by atoms with Crippen molar-refractivity contribution in [1.82, 2.24) is 15.0 Å². The van der Waals surface area contributed by atoms with Gasteiger partial charge in [0.05, 0.1) is 17.4 Å². The van der Waals surface area contributed by atoms with Crippen LogP contribution in [0.3, 0.4) is 0 Å². The molecule has 0 radical (unpaired) electrons. The van der Waals surface area contributed by atoms with Gasteiger partial charge in [-0.1, -0.05) is 0 Å². The van der Waals surface area contributed by atoms with E-state index in [2.05, 4.69) is 20.3 Å². The molecule has 0 aromatic carbocycles. The van der Waals surface area contributed by atoms with Gasteiger partial charge in [-0.05, 0) is 42.0 Å². The van der Waals surface area contributed by atoms with Crippen LogP contribution >= 0.6 is 11.8 Å². The molecule has 1 amide bonds. The summed E-state index contributed by atoms with van der Waals surface area (Å²) in [7, 11) is 0. The average Bonchev–Trinajstić information content (AvgIpc) is 2.62. The number of pyridine rings is 3. The van der Waals surface area contributed by atoms with Gasteiger partial charge in [0.15, 0.2) is 0 Å². The number of nitrogens with zero attached hydrogens (tertiary/aromatic N) is 3. The van der Waals surface area contributed by atoms with Crippen molar-refractivity contribution in [3.8, 4) is 0 Å². The Balaban J connectivity index is 1.73. The van der Waals surface area contributed by atoms with Crippen LogP contribution in [0.25, 0.3) is 0 Å². The van der Waals surface area contributed by atoms with Crippen LogP contribution in [-0.4, -0.2) is 20.9 Å². The summed E-state index contributed by atoms with van der Waals surface area (Å²) in [4.78, 5) is 24.8. The Morgan fingerprint density at radius 3 is 2.61 bits per heavy atom. The van der Waals surface area contributed by atoms with Gasteiger partial charge in [-0.3, -0.25) is 14.8 Å². The largest absolute Gasteiger partial charge is 0.321 e. The Morgan fingerprint density at radius 1 is 1.00 bits per heavy atom. The molecule has 5 nitrogen and oxygen atoms in total. The topological polar surface area (TPSA) is 67.8 Å². The second kappa shape index (κ2) is 7.51. The summed E-state index contributed by atoms with van der Waals surface area (Å²) in [5.74, 6) is 0.538. The number of rotatable bonds is 5. The highest BCUT2D eigenvalue weighted by Crippen LogP contribution is 2.24. The van der Waals surface area contributed by atoms with Crippen molar-refractivity contribution < 1.29 is 4.79 Å². The molecule has 0 spiro atoms. The van der Waals surface area contributed by atoms with E-state index in [1.165, 1.54) is 11.8 Å². The predicted octanol–water partition coefficient (Wildman–Crippen LogP) is 3.42. The third-order valence-corrected chi connectivity index (χ3v) is 4.14. The molecule has 1 N–H and O–H groups in total. The lowest BCUT2D eigenvalue weighted by molar-refractivity contribution is 0.102. The van der Waals surface area contributed by atoms with E-state index in [0.29, 0.717) is 16.3 Å². The van der Waals surface area contributed by atoms with E-state index in [1.807, 2.05) is 12.1 Å². The van der Waals surface area contributed by atoms with Crippen molar-refractivity contribution >= 4 is 23.4 Å². The molecule has 114 valence electrons. The summed E-state index contributed by atoms with van der Waals surface area (Å²) in [6, 6.07) is 11.0. The molecular weight excluding hydrogens is 308 g/mol. The van der Waals surface area contributed by atoms with E-state index in [9.17, 15) is 4.79 Å². The van der Waals surface area contributed by atoms with E-state index in [0.717, 1.165) is 11.3 Å². The minimum Gasteiger partial charge on any atom is -0.321 e. The van der Waals surface area contributed by atoms with Crippen LogP contribution in [-0.2, 0) is 5.75 Å². The molecule has 3 aromatic heterocycles. The molecule has 3 rings (SSSR count). The lowest BCUT2D eigenvalue weighted by Crippen LogP contribution is -2.13. The van der Waals surface area contributed by atoms with Crippen molar-refractivity contribution in [3.05, 3.63) is 78.5 Å². The number of hydrogen-bond acceptors (Lipinski definition) is 5. The maximum atomic E-state index is 12.4. The number of carbonyl (C=O) groups excluding carboxylic acids is 1. The highest BCUT2D eigenvalue weighted by Gasteiger charge is 2.13. The third-order valence-electron chi connectivity index (χ3n) is 3.06. The molecule has 0 aliphatic carbocycles. The molecule has 0 atom stereocenters. The second-order valence-corrected chi connectivity index (χ2v) is 5.66. The fourth-order valence-electron chi connectivity index (χ4n) is 1.94. The SMILES string of the molecule is O=C(Nc1cccnc1)c1cccnc1SCc1ccncc1. The summed E-state index contributed by atoms with van der Waals surface area (Å²) >= 11 is 1.52. The number of hydrogen-bond donors (Lipinski definition) is 1. The Labute approximate surface area is 138 Å². The maximum Gasteiger partial charge on any atom is 0.258 e. The van der Waals surface area contributed by atoms with E-state index in [1.54, 1.807) is 55.2 Å². The number of amides is 1. The Hall–Kier alpha value is -2.73. The molecule has 0 aliphatic rings. The smallest absolute Gasteiger partial charge is 0.258 e. The molecule has 0 saturated heterocycles. The standard InChI is InChI=1S/C17H14N4OS/c22-16(21-14-3-1-7-19-11-14)15-4-2-8-20-17(15)23-12-13-5-9-18-10-6-13/h1-11H,12H2,(H,21,22). The minimum atomic E-state index is -0.191. The van der Waals surface area contributed by atoms with Crippen molar-refractivity contribution in [2.45, 2.75) is 10.8 Å². The van der Waals surface area contributed by atoms with Crippen molar-refractivity contribution in [1.29, 1.82) is 0 Å². The lowest BCUT2D eigenvalue weighted by atomic mass is 10.2. The zero-order valence-electron chi connectivity index (χ0n) is 12.2. The van der Waals surface area contributed by atoms with Gasteiger partial charge in [-0.2, -0.15) is 0 Å². The van der Waals surface area contributed by atoms with Crippen LogP contribution in [0.1, 0.15) is 15.9 Å². The zero-order valence-corrected chi connectivity index (χ0v) is 13.0. The van der Waals surface area contributed by atoms with E-state index in [-0.39, 0.29) is 5.91 Å². The number of carbonyl (C=O) groups is 1. The van der Waals surface area contributed by atoms with E-state index >= 15 is 0 Å². The van der Waals surface area contributed by atoms with Crippen LogP contribution in [0.4, 0.5) is 5.69 Å². The van der Waals surface area contributed by atoms with Crippen molar-refractivity contribution in [2.24, 2.45) is 0 Å². The van der Waals surface area contributed by atoms with Gasteiger partial charge in [0.25, 0.3) is 5.91 Å². The summed E-state index contributed by atoms with van der Waals surface area (Å²) < 4.78 is 0. The average molecular weight is 322 g/mol. The van der Waals surface area contributed by atoms with Crippen molar-refractivity contribution in [2.75, 3.05) is 5.32 Å². The number of nitrogens with one attached hydrogen (secondary N) is 1. The second-order valence-electron chi connectivity index (χ2n) is 4.70. The molecule has 0 saturated carbocycles. The molecule has 3 heterocycles. The fourth-order valence-corrected chi connectivity index (χ4v) is 2.89. The van der Waals surface area contributed by atoms with Gasteiger partial charge in [0.1, 0.15) is 5.03 Å². The lowest BCUT2D eigenvalue weighted by Gasteiger charge is -2.08. The first-order valence-electron chi connectivity index (χ1n) is 7.01. The summed E-state index contributed by atoms with van der Waals surface area (Å²) in [6.07, 6.45) is 8.47. The van der Waals surface area contributed by atoms with Gasteiger partial charge >= 0.3 is 0 Å². The van der Waals surface area contributed by atoms with Crippen molar-refractivity contribution in [3.63, 3.8) is 0 Å². The predicted molar refractivity (Wildman–Crippen MR) is 90.2 cm³/mol. The quantitative estimate of drug-likeness (QED) is 0.729. The molecule has 0 aliphatic heterocycles. The molecule has 0 bridgehead atoms. The van der Waals surface area contributed by atoms with E-state index in [4.69, 9.17) is 0 Å². The first kappa shape index (κ1) is 15.2. The van der Waals surface area contributed by atoms with Crippen LogP contribution in [0, 0.1) is 0 Å². The van der Waals surface area contributed by atoms with Crippen LogP contribution in [0.15, 0.2) is 72.4 Å². The van der Waals surface area contributed by atoms with Gasteiger partial charge in [0, 0.05) is 30.5 Å². The Bertz CT molecular complexity index is 781. The van der Waals surface area contributed by atoms with Crippen LogP contribution in [0.5, 0.6) is 0 Å². The minimum absolute atomic E-state index is 0.191. The maximum absolute atomic E-state index is 12.4. The first-order chi connectivity index (χ1) is 11.3. The Morgan fingerprint density at radius 2 is 1.83 bits per heavy atom. The van der Waals surface area contributed by atoms with Gasteiger partial charge in [0.2, 0.25) is 0 Å². The van der Waals surface area contributed by atoms with E-state index < -0.39 is 0 Å². The van der Waals surface area contributed by atoms with Crippen LogP contribution in [0.2, 0.25) is 0 Å². The zero-order chi connectivity index (χ0) is 15.9. The summed E-state index contributed by atoms with van der Waals surface area (Å²) in [6.45, 7) is 0. The number of anilines is 1. The molecule has 23 heavy (non-hydrogen) atoms. The van der Waals surface area contributed by atoms with Gasteiger partial charge < -0.3 is 5.32 Å². The summed E-state index contributed by atoms with van der Waals surface area (Å²) in [5, 5.41) is 3.53. The highest BCUT2D eigenvalue weighted by atomic mass is 32.2. The van der Waals surface area contributed by atoms with Gasteiger partial charge in [-0.25, -0.2) is 4.98 Å². The number of aromatic nitrogens is 3. The molecule has 6 heteroatoms. The molecule has 3 aromatic rings. The monoisotopic (exact) mass is 322 g/mol. The molecular formula is C17H14N4OS. The fraction of sp³-hybridized carbons (Fsp3) is 0.0588. The molecule has 0 fully saturated rings. The third kappa shape index (κ3) is 4.14. The highest BCUT2D eigenvalue weighted by molar-refractivity contribution is 7.98. The first-order valence-corrected chi connectivity index (χ1v) is 7.99.